The summed E-state index contributed by atoms with van der Waals surface area (Å²) in [4.78, 5) is 15.2. The molecule has 19 heavy (non-hydrogen) atoms. The van der Waals surface area contributed by atoms with Gasteiger partial charge in [0.2, 0.25) is 0 Å². The van der Waals surface area contributed by atoms with Crippen LogP contribution in [0.5, 0.6) is 0 Å². The van der Waals surface area contributed by atoms with Gasteiger partial charge in [-0.15, -0.1) is 0 Å². The van der Waals surface area contributed by atoms with Crippen LogP contribution in [0, 0.1) is 0 Å². The molecule has 1 unspecified atom stereocenters. The largest absolute Gasteiger partial charge is 0.361 e. The third-order valence-corrected chi connectivity index (χ3v) is 5.17. The molecule has 1 aromatic heterocycles. The van der Waals surface area contributed by atoms with Gasteiger partial charge in [0.15, 0.2) is 9.84 Å². The highest BCUT2D eigenvalue weighted by Crippen LogP contribution is 2.18. The maximum absolute atomic E-state index is 12.2. The van der Waals surface area contributed by atoms with Crippen LogP contribution in [0.3, 0.4) is 0 Å². The van der Waals surface area contributed by atoms with Crippen LogP contribution < -0.4 is 5.32 Å². The van der Waals surface area contributed by atoms with Crippen molar-refractivity contribution in [2.75, 3.05) is 11.5 Å². The number of H-pyrrole nitrogens is 1. The summed E-state index contributed by atoms with van der Waals surface area (Å²) in [6, 6.07) is 7.09. The van der Waals surface area contributed by atoms with Gasteiger partial charge in [0, 0.05) is 17.6 Å². The second-order valence-corrected chi connectivity index (χ2v) is 7.05. The second-order valence-electron chi connectivity index (χ2n) is 4.82. The lowest BCUT2D eigenvalue weighted by Gasteiger charge is -2.11. The molecule has 1 atom stereocenters. The Morgan fingerprint density at radius 2 is 2.16 bits per heavy atom. The fraction of sp³-hybridized carbons (Fsp3) is 0.308. The predicted octanol–water partition coefficient (Wildman–Crippen LogP) is 1.08. The number of sulfone groups is 1. The summed E-state index contributed by atoms with van der Waals surface area (Å²) in [7, 11) is -2.98. The lowest BCUT2D eigenvalue weighted by molar-refractivity contribution is 0.0942. The van der Waals surface area contributed by atoms with Gasteiger partial charge in [-0.3, -0.25) is 4.79 Å². The number of carbonyl (C=O) groups excluding carboxylic acids is 1. The molecule has 1 saturated heterocycles. The van der Waals surface area contributed by atoms with Gasteiger partial charge >= 0.3 is 0 Å². The van der Waals surface area contributed by atoms with Crippen molar-refractivity contribution in [3.63, 3.8) is 0 Å². The van der Waals surface area contributed by atoms with Crippen LogP contribution in [-0.4, -0.2) is 36.9 Å². The number of hydrogen-bond acceptors (Lipinski definition) is 3. The number of amides is 1. The van der Waals surface area contributed by atoms with Crippen molar-refractivity contribution >= 4 is 26.6 Å². The van der Waals surface area contributed by atoms with Gasteiger partial charge in [-0.05, 0) is 18.6 Å². The Labute approximate surface area is 110 Å². The third-order valence-electron chi connectivity index (χ3n) is 3.40. The topological polar surface area (TPSA) is 79.0 Å². The fourth-order valence-electron chi connectivity index (χ4n) is 2.45. The van der Waals surface area contributed by atoms with Gasteiger partial charge in [0.25, 0.3) is 5.91 Å². The lowest BCUT2D eigenvalue weighted by Crippen LogP contribution is -2.35. The monoisotopic (exact) mass is 278 g/mol. The average molecular weight is 278 g/mol. The van der Waals surface area contributed by atoms with E-state index in [4.69, 9.17) is 0 Å². The van der Waals surface area contributed by atoms with Crippen molar-refractivity contribution in [3.8, 4) is 0 Å². The predicted molar refractivity (Wildman–Crippen MR) is 72.8 cm³/mol. The van der Waals surface area contributed by atoms with E-state index < -0.39 is 9.84 Å². The number of benzene rings is 1. The Bertz CT molecular complexity index is 733. The molecule has 1 aliphatic heterocycles. The minimum Gasteiger partial charge on any atom is -0.361 e. The van der Waals surface area contributed by atoms with E-state index in [0.717, 1.165) is 10.9 Å². The highest BCUT2D eigenvalue weighted by Gasteiger charge is 2.29. The number of para-hydroxylation sites is 1. The van der Waals surface area contributed by atoms with Crippen LogP contribution in [-0.2, 0) is 9.84 Å². The zero-order chi connectivity index (χ0) is 13.5. The first kappa shape index (κ1) is 12.2. The third kappa shape index (κ3) is 2.35. The van der Waals surface area contributed by atoms with Crippen molar-refractivity contribution < 1.29 is 13.2 Å². The van der Waals surface area contributed by atoms with Gasteiger partial charge in [0.05, 0.1) is 22.6 Å². The summed E-state index contributed by atoms with van der Waals surface area (Å²) < 4.78 is 22.7. The maximum atomic E-state index is 12.2. The average Bonchev–Trinajstić information content (AvgIpc) is 2.94. The normalized spacial score (nSPS) is 21.6. The lowest BCUT2D eigenvalue weighted by atomic mass is 10.1. The standard InChI is InChI=1S/C13H14N2O3S/c16-13(15-10-5-7-19(17,18)8-10)11-3-1-2-9-4-6-14-12(9)11/h1-4,6,10,14H,5,7-8H2,(H,15,16). The van der Waals surface area contributed by atoms with Crippen LogP contribution >= 0.6 is 0 Å². The number of nitrogens with one attached hydrogen (secondary N) is 2. The fourth-order valence-corrected chi connectivity index (χ4v) is 4.12. The quantitative estimate of drug-likeness (QED) is 0.863. The van der Waals surface area contributed by atoms with Crippen LogP contribution in [0.25, 0.3) is 10.9 Å². The van der Waals surface area contributed by atoms with Gasteiger partial charge in [-0.1, -0.05) is 12.1 Å². The van der Waals surface area contributed by atoms with E-state index in [2.05, 4.69) is 10.3 Å². The molecule has 1 aliphatic rings. The maximum Gasteiger partial charge on any atom is 0.253 e. The number of aromatic nitrogens is 1. The number of carbonyl (C=O) groups is 1. The van der Waals surface area contributed by atoms with Crippen LogP contribution in [0.4, 0.5) is 0 Å². The van der Waals surface area contributed by atoms with E-state index in [1.54, 1.807) is 12.3 Å². The molecule has 3 rings (SSSR count). The molecule has 0 aliphatic carbocycles. The summed E-state index contributed by atoms with van der Waals surface area (Å²) in [5, 5.41) is 3.76. The van der Waals surface area contributed by atoms with Crippen LogP contribution in [0.15, 0.2) is 30.5 Å². The molecule has 0 spiro atoms. The van der Waals surface area contributed by atoms with E-state index in [-0.39, 0.29) is 23.5 Å². The summed E-state index contributed by atoms with van der Waals surface area (Å²) >= 11 is 0. The number of fused-ring (bicyclic) bond motifs is 1. The molecule has 2 heterocycles. The van der Waals surface area contributed by atoms with Gasteiger partial charge in [0.1, 0.15) is 0 Å². The van der Waals surface area contributed by atoms with Crippen molar-refractivity contribution in [2.45, 2.75) is 12.5 Å². The summed E-state index contributed by atoms with van der Waals surface area (Å²) in [6.45, 7) is 0. The Balaban J connectivity index is 1.83. The number of hydrogen-bond donors (Lipinski definition) is 2. The highest BCUT2D eigenvalue weighted by molar-refractivity contribution is 7.91. The summed E-state index contributed by atoms with van der Waals surface area (Å²) in [5.41, 5.74) is 1.33. The molecule has 1 amide bonds. The molecule has 0 bridgehead atoms. The zero-order valence-corrected chi connectivity index (χ0v) is 11.0. The van der Waals surface area contributed by atoms with Crippen LogP contribution in [0.1, 0.15) is 16.8 Å². The van der Waals surface area contributed by atoms with E-state index in [1.165, 1.54) is 0 Å². The Morgan fingerprint density at radius 1 is 1.32 bits per heavy atom. The molecule has 100 valence electrons. The van der Waals surface area contributed by atoms with E-state index >= 15 is 0 Å². The van der Waals surface area contributed by atoms with E-state index in [1.807, 2.05) is 18.2 Å². The molecular formula is C13H14N2O3S. The zero-order valence-electron chi connectivity index (χ0n) is 10.2. The molecule has 0 radical (unpaired) electrons. The summed E-state index contributed by atoms with van der Waals surface area (Å²) in [6.07, 6.45) is 2.27. The second kappa shape index (κ2) is 4.38. The Hall–Kier alpha value is -1.82. The van der Waals surface area contributed by atoms with Gasteiger partial charge in [-0.25, -0.2) is 8.42 Å². The molecule has 1 aromatic carbocycles. The van der Waals surface area contributed by atoms with E-state index in [0.29, 0.717) is 12.0 Å². The van der Waals surface area contributed by atoms with Crippen molar-refractivity contribution in [1.29, 1.82) is 0 Å². The summed E-state index contributed by atoms with van der Waals surface area (Å²) in [5.74, 6) is -0.0282. The molecular weight excluding hydrogens is 264 g/mol. The molecule has 2 aromatic rings. The molecule has 1 fully saturated rings. The molecule has 0 saturated carbocycles. The van der Waals surface area contributed by atoms with Gasteiger partial charge < -0.3 is 10.3 Å². The van der Waals surface area contributed by atoms with Crippen molar-refractivity contribution in [1.82, 2.24) is 10.3 Å². The first-order valence-electron chi connectivity index (χ1n) is 6.12. The van der Waals surface area contributed by atoms with Crippen molar-refractivity contribution in [2.24, 2.45) is 0 Å². The van der Waals surface area contributed by atoms with Gasteiger partial charge in [-0.2, -0.15) is 0 Å². The first-order chi connectivity index (χ1) is 9.05. The first-order valence-corrected chi connectivity index (χ1v) is 7.95. The highest BCUT2D eigenvalue weighted by atomic mass is 32.2. The minimum absolute atomic E-state index is 0.0411. The molecule has 6 heteroatoms. The SMILES string of the molecule is O=C(NC1CCS(=O)(=O)C1)c1cccc2cc[nH]c12. The number of rotatable bonds is 2. The van der Waals surface area contributed by atoms with Crippen molar-refractivity contribution in [3.05, 3.63) is 36.0 Å². The Morgan fingerprint density at radius 3 is 2.89 bits per heavy atom. The molecule has 2 N–H and O–H groups in total. The van der Waals surface area contributed by atoms with Crippen LogP contribution in [0.2, 0.25) is 0 Å². The Kier molecular flexibility index (Phi) is 2.82. The number of aromatic amines is 1. The molecule has 5 nitrogen and oxygen atoms in total. The minimum atomic E-state index is -2.98. The smallest absolute Gasteiger partial charge is 0.253 e. The van der Waals surface area contributed by atoms with E-state index in [9.17, 15) is 13.2 Å².